The van der Waals surface area contributed by atoms with Gasteiger partial charge >= 0.3 is 0 Å². The van der Waals surface area contributed by atoms with Crippen LogP contribution in [0.15, 0.2) is 0 Å². The zero-order chi connectivity index (χ0) is 14.3. The first-order chi connectivity index (χ1) is 8.36. The summed E-state index contributed by atoms with van der Waals surface area (Å²) in [5, 5.41) is 0. The van der Waals surface area contributed by atoms with Crippen molar-refractivity contribution in [2.45, 2.75) is 31.9 Å². The third-order valence-electron chi connectivity index (χ3n) is 2.69. The minimum Gasteiger partial charge on any atom is -0.370 e. The van der Waals surface area contributed by atoms with Crippen LogP contribution in [0.25, 0.3) is 0 Å². The van der Waals surface area contributed by atoms with Gasteiger partial charge in [0, 0.05) is 27.8 Å². The van der Waals surface area contributed by atoms with Crippen molar-refractivity contribution in [1.29, 1.82) is 0 Å². The quantitative estimate of drug-likeness (QED) is 0.682. The van der Waals surface area contributed by atoms with Crippen molar-refractivity contribution in [3.05, 3.63) is 0 Å². The summed E-state index contributed by atoms with van der Waals surface area (Å²) in [6, 6.07) is 0. The Morgan fingerprint density at radius 1 is 1.06 bits per heavy atom. The zero-order valence-corrected chi connectivity index (χ0v) is 10.5. The molecule has 18 heavy (non-hydrogen) atoms. The molecule has 2 N–H and O–H groups in total. The Balaban J connectivity index is 5.31. The second kappa shape index (κ2) is 7.55. The van der Waals surface area contributed by atoms with Crippen molar-refractivity contribution >= 4 is 5.91 Å². The Hall–Kier alpha value is -0.860. The molecule has 0 aliphatic carbocycles. The molecular weight excluding hydrogens is 255 g/mol. The second-order valence-corrected chi connectivity index (χ2v) is 3.73. The average molecular weight is 273 g/mol. The molecule has 8 heteroatoms. The molecule has 3 atom stereocenters. The molecule has 0 heterocycles. The largest absolute Gasteiger partial charge is 0.370 e. The maximum Gasteiger partial charge on any atom is 0.217 e. The minimum absolute atomic E-state index is 0.433. The Morgan fingerprint density at radius 3 is 1.61 bits per heavy atom. The number of carbonyl (C=O) groups is 1. The predicted octanol–water partition coefficient (Wildman–Crippen LogP) is 1.06. The summed E-state index contributed by atoms with van der Waals surface area (Å²) in [6.45, 7) is 0. The van der Waals surface area contributed by atoms with Crippen molar-refractivity contribution in [3.63, 3.8) is 0 Å². The Kier molecular flexibility index (Phi) is 7.19. The fraction of sp³-hybridized carbons (Fsp3) is 0.900. The van der Waals surface area contributed by atoms with Gasteiger partial charge in [0.25, 0.3) is 0 Å². The number of hydrogen-bond acceptors (Lipinski definition) is 4. The van der Waals surface area contributed by atoms with E-state index in [0.717, 1.165) is 21.3 Å². The lowest BCUT2D eigenvalue weighted by atomic mass is 9.82. The molecule has 0 radical (unpaired) electrons. The normalized spacial score (nSPS) is 19.9. The number of carbonyl (C=O) groups excluding carboxylic acids is 1. The fourth-order valence-electron chi connectivity index (χ4n) is 1.65. The van der Waals surface area contributed by atoms with Crippen molar-refractivity contribution in [2.75, 3.05) is 21.3 Å². The smallest absolute Gasteiger partial charge is 0.217 e. The monoisotopic (exact) mass is 273 g/mol. The van der Waals surface area contributed by atoms with Gasteiger partial charge in [-0.15, -0.1) is 0 Å². The highest BCUT2D eigenvalue weighted by atomic mass is 19.2. The highest BCUT2D eigenvalue weighted by molar-refractivity contribution is 5.73. The lowest BCUT2D eigenvalue weighted by Gasteiger charge is -2.38. The van der Waals surface area contributed by atoms with Gasteiger partial charge in [-0.1, -0.05) is 0 Å². The molecule has 0 aromatic carbocycles. The van der Waals surface area contributed by atoms with E-state index >= 15 is 0 Å². The molecular formula is C10H18F3NO4. The number of primary amides is 1. The molecule has 0 aromatic heterocycles. The lowest BCUT2D eigenvalue weighted by molar-refractivity contribution is -0.273. The van der Waals surface area contributed by atoms with Crippen LogP contribution in [0, 0.1) is 5.41 Å². The molecule has 0 rings (SSSR count). The molecule has 1 amide bonds. The summed E-state index contributed by atoms with van der Waals surface area (Å²) in [4.78, 5) is 10.7. The van der Waals surface area contributed by atoms with Gasteiger partial charge in [-0.3, -0.25) is 4.79 Å². The summed E-state index contributed by atoms with van der Waals surface area (Å²) in [5.41, 5.74) is 2.49. The average Bonchev–Trinajstić information content (AvgIpc) is 2.37. The van der Waals surface area contributed by atoms with E-state index in [1.165, 1.54) is 0 Å². The Labute approximate surface area is 103 Å². The van der Waals surface area contributed by atoms with Gasteiger partial charge in [0.2, 0.25) is 25.0 Å². The van der Waals surface area contributed by atoms with Crippen molar-refractivity contribution in [3.8, 4) is 0 Å². The summed E-state index contributed by atoms with van der Waals surface area (Å²) in [5.74, 6) is -0.825. The summed E-state index contributed by atoms with van der Waals surface area (Å²) in [7, 11) is 2.82. The van der Waals surface area contributed by atoms with E-state index in [1.807, 2.05) is 0 Å². The van der Waals surface area contributed by atoms with E-state index in [2.05, 4.69) is 14.2 Å². The topological polar surface area (TPSA) is 70.8 Å². The lowest BCUT2D eigenvalue weighted by Crippen LogP contribution is -2.51. The maximum absolute atomic E-state index is 13.8. The van der Waals surface area contributed by atoms with E-state index in [9.17, 15) is 18.0 Å². The fourth-order valence-corrected chi connectivity index (χ4v) is 1.65. The van der Waals surface area contributed by atoms with Crippen LogP contribution in [0.2, 0.25) is 0 Å². The van der Waals surface area contributed by atoms with Gasteiger partial charge < -0.3 is 19.9 Å². The van der Waals surface area contributed by atoms with Crippen molar-refractivity contribution in [1.82, 2.24) is 0 Å². The van der Waals surface area contributed by atoms with Crippen LogP contribution in [0.1, 0.15) is 12.8 Å². The number of nitrogens with two attached hydrogens (primary N) is 1. The highest BCUT2D eigenvalue weighted by Gasteiger charge is 2.55. The highest BCUT2D eigenvalue weighted by Crippen LogP contribution is 2.42. The molecule has 0 bridgehead atoms. The maximum atomic E-state index is 13.8. The molecule has 0 saturated heterocycles. The third kappa shape index (κ3) is 3.56. The molecule has 0 aliphatic rings. The van der Waals surface area contributed by atoms with Crippen molar-refractivity contribution in [2.24, 2.45) is 11.1 Å². The number of alkyl halides is 3. The van der Waals surface area contributed by atoms with Gasteiger partial charge in [-0.25, -0.2) is 13.2 Å². The molecule has 0 spiro atoms. The van der Waals surface area contributed by atoms with E-state index in [0.29, 0.717) is 0 Å². The first kappa shape index (κ1) is 17.1. The Morgan fingerprint density at radius 2 is 1.39 bits per heavy atom. The standard InChI is InChI=1S/C10H18F3NO4/c1-16-7(11)10(8(12)17-2,9(13)18-3)5-4-6(14)15/h7-9H,4-5H2,1-3H3,(H2,14,15). The minimum atomic E-state index is -2.41. The molecule has 5 nitrogen and oxygen atoms in total. The van der Waals surface area contributed by atoms with Crippen LogP contribution >= 0.6 is 0 Å². The van der Waals surface area contributed by atoms with Crippen LogP contribution < -0.4 is 5.73 Å². The Bertz CT molecular complexity index is 241. The molecule has 0 saturated carbocycles. The number of ether oxygens (including phenoxy) is 3. The summed E-state index contributed by atoms with van der Waals surface area (Å²) < 4.78 is 54.3. The molecule has 0 fully saturated rings. The van der Waals surface area contributed by atoms with Gasteiger partial charge in [-0.2, -0.15) is 0 Å². The van der Waals surface area contributed by atoms with Crippen LogP contribution in [-0.2, 0) is 19.0 Å². The van der Waals surface area contributed by atoms with E-state index in [-0.39, 0.29) is 0 Å². The number of hydrogen-bond donors (Lipinski definition) is 1. The molecule has 3 unspecified atom stereocenters. The summed E-state index contributed by atoms with van der Waals surface area (Å²) >= 11 is 0. The predicted molar refractivity (Wildman–Crippen MR) is 56.6 cm³/mol. The van der Waals surface area contributed by atoms with E-state index in [4.69, 9.17) is 5.73 Å². The number of rotatable bonds is 9. The van der Waals surface area contributed by atoms with Crippen molar-refractivity contribution < 1.29 is 32.2 Å². The van der Waals surface area contributed by atoms with Crippen LogP contribution in [0.5, 0.6) is 0 Å². The van der Waals surface area contributed by atoms with Gasteiger partial charge in [0.1, 0.15) is 5.41 Å². The van der Waals surface area contributed by atoms with E-state index in [1.54, 1.807) is 0 Å². The first-order valence-corrected chi connectivity index (χ1v) is 5.15. The first-order valence-electron chi connectivity index (χ1n) is 5.15. The van der Waals surface area contributed by atoms with E-state index < -0.39 is 43.2 Å². The molecule has 0 aliphatic heterocycles. The third-order valence-corrected chi connectivity index (χ3v) is 2.69. The number of halogens is 3. The van der Waals surface area contributed by atoms with Gasteiger partial charge in [0.05, 0.1) is 0 Å². The van der Waals surface area contributed by atoms with Crippen LogP contribution in [0.4, 0.5) is 13.2 Å². The second-order valence-electron chi connectivity index (χ2n) is 3.73. The molecule has 0 aromatic rings. The van der Waals surface area contributed by atoms with Gasteiger partial charge in [0.15, 0.2) is 0 Å². The van der Waals surface area contributed by atoms with Gasteiger partial charge in [-0.05, 0) is 6.42 Å². The number of amides is 1. The summed E-state index contributed by atoms with van der Waals surface area (Å²) in [6.07, 6.45) is -8.07. The van der Waals surface area contributed by atoms with Crippen LogP contribution in [0.3, 0.4) is 0 Å². The number of methoxy groups -OCH3 is 3. The molecule has 108 valence electrons. The SMILES string of the molecule is COC(F)C(CCC(N)=O)(C(F)OC)C(F)OC. The zero-order valence-electron chi connectivity index (χ0n) is 10.5. The van der Waals surface area contributed by atoms with Crippen LogP contribution in [-0.4, -0.2) is 46.3 Å².